The summed E-state index contributed by atoms with van der Waals surface area (Å²) in [5.41, 5.74) is 6.55. The fourth-order valence-corrected chi connectivity index (χ4v) is 1.98. The van der Waals surface area contributed by atoms with E-state index in [1.54, 1.807) is 0 Å². The maximum absolute atomic E-state index is 4.37. The number of fused-ring (bicyclic) bond motifs is 1. The van der Waals surface area contributed by atoms with Crippen LogP contribution in [0.4, 0.5) is 0 Å². The van der Waals surface area contributed by atoms with Gasteiger partial charge >= 0.3 is 0 Å². The van der Waals surface area contributed by atoms with E-state index in [2.05, 4.69) is 51.6 Å². The average molecular weight is 214 g/mol. The minimum absolute atomic E-state index is 0.856. The number of nitrogens with one attached hydrogen (secondary N) is 1. The highest BCUT2D eigenvalue weighted by Gasteiger charge is 2.22. The lowest BCUT2D eigenvalue weighted by molar-refractivity contribution is 0.490. The third-order valence-corrected chi connectivity index (χ3v) is 2.95. The molecule has 1 N–H and O–H groups in total. The van der Waals surface area contributed by atoms with Crippen molar-refractivity contribution in [1.29, 1.82) is 0 Å². The summed E-state index contributed by atoms with van der Waals surface area (Å²) in [4.78, 5) is 6.55. The van der Waals surface area contributed by atoms with Crippen molar-refractivity contribution in [2.75, 3.05) is 19.6 Å². The quantitative estimate of drug-likeness (QED) is 0.756. The predicted molar refractivity (Wildman–Crippen MR) is 64.7 cm³/mol. The molecule has 0 atom stereocenters. The summed E-state index contributed by atoms with van der Waals surface area (Å²) in [5.74, 6) is 0.913. The van der Waals surface area contributed by atoms with Crippen LogP contribution in [-0.2, 0) is 0 Å². The van der Waals surface area contributed by atoms with Crippen LogP contribution in [0.2, 0.25) is 0 Å². The summed E-state index contributed by atoms with van der Waals surface area (Å²) >= 11 is 0. The molecule has 0 aromatic heterocycles. The summed E-state index contributed by atoms with van der Waals surface area (Å²) in [6, 6.07) is 8.47. The highest BCUT2D eigenvalue weighted by atomic mass is 15.5. The van der Waals surface area contributed by atoms with Crippen molar-refractivity contribution in [3.8, 4) is 0 Å². The van der Waals surface area contributed by atoms with E-state index in [9.17, 15) is 0 Å². The van der Waals surface area contributed by atoms with Crippen LogP contribution in [0.5, 0.6) is 0 Å². The second-order valence-electron chi connectivity index (χ2n) is 4.16. The zero-order valence-electron chi connectivity index (χ0n) is 9.27. The smallest absolute Gasteiger partial charge is 0.215 e. The van der Waals surface area contributed by atoms with Crippen molar-refractivity contribution in [2.24, 2.45) is 10.1 Å². The number of aryl methyl sites for hydroxylation is 1. The monoisotopic (exact) mass is 214 g/mol. The largest absolute Gasteiger partial charge is 0.334 e. The molecule has 2 aliphatic rings. The van der Waals surface area contributed by atoms with Crippen LogP contribution >= 0.6 is 0 Å². The SMILES string of the molecule is Cc1ccc(C2=NNC3=NCCN3C2)cc1. The van der Waals surface area contributed by atoms with Gasteiger partial charge in [0, 0.05) is 6.54 Å². The second-order valence-corrected chi connectivity index (χ2v) is 4.16. The van der Waals surface area contributed by atoms with Crippen LogP contribution in [0, 0.1) is 6.92 Å². The number of hydrazone groups is 1. The van der Waals surface area contributed by atoms with E-state index >= 15 is 0 Å². The van der Waals surface area contributed by atoms with E-state index in [0.29, 0.717) is 0 Å². The first-order valence-corrected chi connectivity index (χ1v) is 5.52. The van der Waals surface area contributed by atoms with Crippen LogP contribution in [0.3, 0.4) is 0 Å². The first-order chi connectivity index (χ1) is 7.83. The standard InChI is InChI=1S/C12H14N4/c1-9-2-4-10(5-3-9)11-8-16-7-6-13-12(16)15-14-11/h2-5H,6-8H2,1H3,(H,13,15). The minimum Gasteiger partial charge on any atom is -0.334 e. The van der Waals surface area contributed by atoms with Gasteiger partial charge in [-0.3, -0.25) is 0 Å². The fraction of sp³-hybridized carbons (Fsp3) is 0.333. The van der Waals surface area contributed by atoms with Crippen LogP contribution in [0.25, 0.3) is 0 Å². The molecule has 16 heavy (non-hydrogen) atoms. The van der Waals surface area contributed by atoms with Crippen LogP contribution < -0.4 is 5.43 Å². The minimum atomic E-state index is 0.856. The van der Waals surface area contributed by atoms with Crippen molar-refractivity contribution in [3.63, 3.8) is 0 Å². The number of benzene rings is 1. The third kappa shape index (κ3) is 1.56. The van der Waals surface area contributed by atoms with Gasteiger partial charge in [0.15, 0.2) is 0 Å². The lowest BCUT2D eigenvalue weighted by atomic mass is 10.1. The van der Waals surface area contributed by atoms with Gasteiger partial charge < -0.3 is 4.90 Å². The molecule has 4 heteroatoms. The Hall–Kier alpha value is -1.84. The van der Waals surface area contributed by atoms with Crippen LogP contribution in [0.15, 0.2) is 34.4 Å². The van der Waals surface area contributed by atoms with Crippen molar-refractivity contribution in [2.45, 2.75) is 6.92 Å². The molecule has 1 aromatic carbocycles. The Morgan fingerprint density at radius 3 is 2.88 bits per heavy atom. The van der Waals surface area contributed by atoms with Crippen molar-refractivity contribution >= 4 is 11.7 Å². The Kier molecular flexibility index (Phi) is 2.13. The Labute approximate surface area is 94.7 Å². The highest BCUT2D eigenvalue weighted by molar-refractivity contribution is 6.06. The first-order valence-electron chi connectivity index (χ1n) is 5.52. The molecule has 0 bridgehead atoms. The van der Waals surface area contributed by atoms with Crippen LogP contribution in [0.1, 0.15) is 11.1 Å². The van der Waals surface area contributed by atoms with Gasteiger partial charge in [0.2, 0.25) is 5.96 Å². The molecule has 0 aliphatic carbocycles. The Morgan fingerprint density at radius 1 is 1.25 bits per heavy atom. The Balaban J connectivity index is 1.86. The highest BCUT2D eigenvalue weighted by Crippen LogP contribution is 2.10. The number of nitrogens with zero attached hydrogens (tertiary/aromatic N) is 3. The predicted octanol–water partition coefficient (Wildman–Crippen LogP) is 0.974. The van der Waals surface area contributed by atoms with E-state index in [-0.39, 0.29) is 0 Å². The zero-order chi connectivity index (χ0) is 11.0. The van der Waals surface area contributed by atoms with Gasteiger partial charge in [-0.25, -0.2) is 10.4 Å². The molecule has 3 rings (SSSR count). The van der Waals surface area contributed by atoms with Gasteiger partial charge in [0.05, 0.1) is 18.8 Å². The van der Waals surface area contributed by atoms with Gasteiger partial charge in [-0.05, 0) is 12.5 Å². The van der Waals surface area contributed by atoms with E-state index in [1.807, 2.05) is 0 Å². The summed E-state index contributed by atoms with van der Waals surface area (Å²) in [6.07, 6.45) is 0. The molecule has 0 unspecified atom stereocenters. The normalized spacial score (nSPS) is 18.7. The molecule has 0 radical (unpaired) electrons. The molecular weight excluding hydrogens is 200 g/mol. The molecular formula is C12H14N4. The Morgan fingerprint density at radius 2 is 2.06 bits per heavy atom. The molecule has 0 fully saturated rings. The number of guanidine groups is 1. The molecule has 0 amide bonds. The van der Waals surface area contributed by atoms with E-state index in [1.165, 1.54) is 11.1 Å². The molecule has 0 saturated carbocycles. The van der Waals surface area contributed by atoms with Gasteiger partial charge in [-0.1, -0.05) is 29.8 Å². The zero-order valence-corrected chi connectivity index (χ0v) is 9.27. The number of rotatable bonds is 1. The molecule has 2 aliphatic heterocycles. The van der Waals surface area contributed by atoms with Crippen LogP contribution in [-0.4, -0.2) is 36.2 Å². The number of hydrogen-bond donors (Lipinski definition) is 1. The molecule has 1 aromatic rings. The number of hydrogen-bond acceptors (Lipinski definition) is 4. The maximum atomic E-state index is 4.37. The third-order valence-electron chi connectivity index (χ3n) is 2.95. The lowest BCUT2D eigenvalue weighted by Crippen LogP contribution is -2.44. The molecule has 0 saturated heterocycles. The second kappa shape index (κ2) is 3.63. The number of aliphatic imine (C=N–C) groups is 1. The summed E-state index contributed by atoms with van der Waals surface area (Å²) < 4.78 is 0. The van der Waals surface area contributed by atoms with Gasteiger partial charge in [-0.15, -0.1) is 0 Å². The summed E-state index contributed by atoms with van der Waals surface area (Å²) in [5, 5.41) is 4.37. The van der Waals surface area contributed by atoms with Crippen molar-refractivity contribution < 1.29 is 0 Å². The van der Waals surface area contributed by atoms with E-state index in [4.69, 9.17) is 0 Å². The maximum Gasteiger partial charge on any atom is 0.215 e. The topological polar surface area (TPSA) is 40.0 Å². The molecule has 82 valence electrons. The fourth-order valence-electron chi connectivity index (χ4n) is 1.98. The van der Waals surface area contributed by atoms with E-state index in [0.717, 1.165) is 31.3 Å². The van der Waals surface area contributed by atoms with Crippen molar-refractivity contribution in [3.05, 3.63) is 35.4 Å². The molecule has 4 nitrogen and oxygen atoms in total. The van der Waals surface area contributed by atoms with Crippen molar-refractivity contribution in [1.82, 2.24) is 10.3 Å². The summed E-state index contributed by atoms with van der Waals surface area (Å²) in [6.45, 7) is 4.82. The van der Waals surface area contributed by atoms with Gasteiger partial charge in [0.1, 0.15) is 0 Å². The van der Waals surface area contributed by atoms with Gasteiger partial charge in [-0.2, -0.15) is 5.10 Å². The van der Waals surface area contributed by atoms with E-state index < -0.39 is 0 Å². The average Bonchev–Trinajstić information content (AvgIpc) is 2.77. The lowest BCUT2D eigenvalue weighted by Gasteiger charge is -2.25. The first kappa shape index (κ1) is 9.39. The molecule has 0 spiro atoms. The molecule has 2 heterocycles. The van der Waals surface area contributed by atoms with Gasteiger partial charge in [0.25, 0.3) is 0 Å². The summed E-state index contributed by atoms with van der Waals surface area (Å²) in [7, 11) is 0. The Bertz CT molecular complexity index is 458.